The molecule has 0 radical (unpaired) electrons. The quantitative estimate of drug-likeness (QED) is 0.525. The summed E-state index contributed by atoms with van der Waals surface area (Å²) in [6, 6.07) is 5.31. The van der Waals surface area contributed by atoms with Crippen molar-refractivity contribution in [3.8, 4) is 0 Å². The van der Waals surface area contributed by atoms with E-state index in [-0.39, 0.29) is 29.1 Å². The molecule has 4 rings (SSSR count). The Kier molecular flexibility index (Phi) is 4.94. The molecule has 2 aliphatic heterocycles. The van der Waals surface area contributed by atoms with E-state index in [0.29, 0.717) is 28.8 Å². The summed E-state index contributed by atoms with van der Waals surface area (Å²) in [5, 5.41) is 1.43. The number of aromatic nitrogens is 1. The molecule has 0 saturated carbocycles. The first kappa shape index (κ1) is 19.7. The van der Waals surface area contributed by atoms with Crippen LogP contribution in [0.4, 0.5) is 15.0 Å². The Bertz CT molecular complexity index is 935. The van der Waals surface area contributed by atoms with Crippen molar-refractivity contribution in [2.45, 2.75) is 51.3 Å². The summed E-state index contributed by atoms with van der Waals surface area (Å²) < 4.78 is 20.6. The first-order chi connectivity index (χ1) is 13.1. The molecule has 2 saturated heterocycles. The van der Waals surface area contributed by atoms with E-state index < -0.39 is 5.60 Å². The number of amides is 1. The molecule has 2 bridgehead atoms. The van der Waals surface area contributed by atoms with Gasteiger partial charge in [0.1, 0.15) is 22.4 Å². The van der Waals surface area contributed by atoms with Gasteiger partial charge in [-0.3, -0.25) is 0 Å². The van der Waals surface area contributed by atoms with Gasteiger partial charge in [0.15, 0.2) is 0 Å². The van der Waals surface area contributed by atoms with E-state index >= 15 is 0 Å². The van der Waals surface area contributed by atoms with Crippen LogP contribution in [0.15, 0.2) is 22.7 Å². The van der Waals surface area contributed by atoms with Gasteiger partial charge < -0.3 is 14.5 Å². The molecule has 2 aromatic rings. The fourth-order valence-electron chi connectivity index (χ4n) is 4.14. The average molecular weight is 471 g/mol. The molecule has 8 heteroatoms. The van der Waals surface area contributed by atoms with Gasteiger partial charge >= 0.3 is 6.09 Å². The molecule has 1 aromatic heterocycles. The minimum absolute atomic E-state index is 0.104. The smallest absolute Gasteiger partial charge is 0.410 e. The number of piperazine rings is 1. The number of hydrogen-bond acceptors (Lipinski definition) is 4. The van der Waals surface area contributed by atoms with Crippen LogP contribution in [0, 0.1) is 5.82 Å². The van der Waals surface area contributed by atoms with Crippen LogP contribution in [0.1, 0.15) is 33.6 Å². The maximum Gasteiger partial charge on any atom is 0.410 e. The molecule has 2 aliphatic rings. The molecule has 150 valence electrons. The van der Waals surface area contributed by atoms with E-state index in [1.54, 1.807) is 17.0 Å². The Hall–Kier alpha value is -1.60. The van der Waals surface area contributed by atoms with Crippen LogP contribution in [-0.2, 0) is 4.74 Å². The highest BCUT2D eigenvalue weighted by Gasteiger charge is 2.43. The number of nitrogens with zero attached hydrogens (tertiary/aromatic N) is 3. The first-order valence-corrected chi connectivity index (χ1v) is 10.5. The number of ether oxygens (including phenoxy) is 1. The number of halogens is 3. The highest BCUT2D eigenvalue weighted by atomic mass is 79.9. The Morgan fingerprint density at radius 1 is 1.25 bits per heavy atom. The zero-order valence-electron chi connectivity index (χ0n) is 16.0. The predicted molar refractivity (Wildman–Crippen MR) is 112 cm³/mol. The molecule has 5 nitrogen and oxygen atoms in total. The van der Waals surface area contributed by atoms with Crippen molar-refractivity contribution in [2.75, 3.05) is 18.0 Å². The van der Waals surface area contributed by atoms with E-state index in [2.05, 4.69) is 25.8 Å². The van der Waals surface area contributed by atoms with Crippen LogP contribution in [0.3, 0.4) is 0 Å². The van der Waals surface area contributed by atoms with Gasteiger partial charge in [0, 0.05) is 35.9 Å². The summed E-state index contributed by atoms with van der Waals surface area (Å²) in [5.74, 6) is 0.341. The minimum atomic E-state index is -0.525. The maximum atomic E-state index is 14.6. The lowest BCUT2D eigenvalue weighted by atomic mass is 10.1. The van der Waals surface area contributed by atoms with Gasteiger partial charge in [-0.05, 0) is 67.7 Å². The average Bonchev–Trinajstić information content (AvgIpc) is 2.85. The summed E-state index contributed by atoms with van der Waals surface area (Å²) in [4.78, 5) is 21.0. The van der Waals surface area contributed by atoms with Crippen LogP contribution >= 0.6 is 27.5 Å². The number of benzene rings is 1. The van der Waals surface area contributed by atoms with Gasteiger partial charge in [0.2, 0.25) is 0 Å². The Balaban J connectivity index is 1.67. The normalized spacial score (nSPS) is 22.1. The summed E-state index contributed by atoms with van der Waals surface area (Å²) in [5.41, 5.74) is -0.525. The Morgan fingerprint density at radius 3 is 2.50 bits per heavy atom. The number of likely N-dealkylation sites (tertiary alicyclic amines) is 1. The Labute approximate surface area is 176 Å². The minimum Gasteiger partial charge on any atom is -0.444 e. The number of anilines is 1. The summed E-state index contributed by atoms with van der Waals surface area (Å²) in [6.07, 6.45) is 1.60. The van der Waals surface area contributed by atoms with Crippen molar-refractivity contribution >= 4 is 50.2 Å². The standard InChI is InChI=1S/C20H22BrClFN3O2/c1-20(2,3)28-19(27)25-9-11-4-5-12(10-25)26(11)18-13-6-7-15(21)17(23)14(13)8-16(22)24-18/h6-8,11-12H,4-5,9-10H2,1-3H3. The Morgan fingerprint density at radius 2 is 1.89 bits per heavy atom. The van der Waals surface area contributed by atoms with E-state index in [0.717, 1.165) is 18.2 Å². The van der Waals surface area contributed by atoms with Crippen molar-refractivity contribution in [1.82, 2.24) is 9.88 Å². The van der Waals surface area contributed by atoms with Crippen molar-refractivity contribution in [2.24, 2.45) is 0 Å². The third kappa shape index (κ3) is 3.54. The van der Waals surface area contributed by atoms with Gasteiger partial charge in [0.05, 0.1) is 4.47 Å². The van der Waals surface area contributed by atoms with Gasteiger partial charge in [-0.1, -0.05) is 11.6 Å². The summed E-state index contributed by atoms with van der Waals surface area (Å²) >= 11 is 9.47. The molecule has 0 aliphatic carbocycles. The highest BCUT2D eigenvalue weighted by Crippen LogP contribution is 2.40. The van der Waals surface area contributed by atoms with Crippen LogP contribution in [0.2, 0.25) is 5.15 Å². The molecule has 0 spiro atoms. The zero-order valence-corrected chi connectivity index (χ0v) is 18.3. The number of fused-ring (bicyclic) bond motifs is 3. The SMILES string of the molecule is CC(C)(C)OC(=O)N1CC2CCC(C1)N2c1nc(Cl)cc2c(F)c(Br)ccc12. The predicted octanol–water partition coefficient (Wildman–Crippen LogP) is 5.38. The molecular weight excluding hydrogens is 449 g/mol. The maximum absolute atomic E-state index is 14.6. The van der Waals surface area contributed by atoms with Crippen LogP contribution in [0.25, 0.3) is 10.8 Å². The fraction of sp³-hybridized carbons (Fsp3) is 0.500. The van der Waals surface area contributed by atoms with E-state index in [1.807, 2.05) is 26.8 Å². The first-order valence-electron chi connectivity index (χ1n) is 9.34. The van der Waals surface area contributed by atoms with Crippen molar-refractivity contribution in [3.63, 3.8) is 0 Å². The monoisotopic (exact) mass is 469 g/mol. The zero-order chi connectivity index (χ0) is 20.2. The summed E-state index contributed by atoms with van der Waals surface area (Å²) in [6.45, 7) is 6.71. The van der Waals surface area contributed by atoms with Crippen LogP contribution in [0.5, 0.6) is 0 Å². The number of pyridine rings is 1. The highest BCUT2D eigenvalue weighted by molar-refractivity contribution is 9.10. The number of rotatable bonds is 1. The lowest BCUT2D eigenvalue weighted by molar-refractivity contribution is 0.0209. The molecule has 2 atom stereocenters. The van der Waals surface area contributed by atoms with Gasteiger partial charge in [-0.25, -0.2) is 14.2 Å². The number of carbonyl (C=O) groups excluding carboxylic acids is 1. The van der Waals surface area contributed by atoms with E-state index in [1.165, 1.54) is 0 Å². The second-order valence-corrected chi connectivity index (χ2v) is 9.64. The molecular formula is C20H22BrClFN3O2. The third-order valence-electron chi connectivity index (χ3n) is 5.23. The molecule has 3 heterocycles. The van der Waals surface area contributed by atoms with Gasteiger partial charge in [-0.2, -0.15) is 0 Å². The lowest BCUT2D eigenvalue weighted by Gasteiger charge is -2.42. The second-order valence-electron chi connectivity index (χ2n) is 8.40. The molecule has 28 heavy (non-hydrogen) atoms. The van der Waals surface area contributed by atoms with Crippen LogP contribution < -0.4 is 4.90 Å². The summed E-state index contributed by atoms with van der Waals surface area (Å²) in [7, 11) is 0. The lowest BCUT2D eigenvalue weighted by Crippen LogP contribution is -2.56. The number of carbonyl (C=O) groups is 1. The van der Waals surface area contributed by atoms with Crippen LogP contribution in [-0.4, -0.2) is 46.8 Å². The molecule has 0 N–H and O–H groups in total. The largest absolute Gasteiger partial charge is 0.444 e. The topological polar surface area (TPSA) is 45.7 Å². The van der Waals surface area contributed by atoms with E-state index in [4.69, 9.17) is 16.3 Å². The van der Waals surface area contributed by atoms with Crippen molar-refractivity contribution in [3.05, 3.63) is 33.6 Å². The van der Waals surface area contributed by atoms with Crippen molar-refractivity contribution < 1.29 is 13.9 Å². The molecule has 2 unspecified atom stereocenters. The third-order valence-corrected chi connectivity index (χ3v) is 6.03. The second kappa shape index (κ2) is 7.02. The molecule has 2 fully saturated rings. The van der Waals surface area contributed by atoms with Crippen molar-refractivity contribution in [1.29, 1.82) is 0 Å². The van der Waals surface area contributed by atoms with E-state index in [9.17, 15) is 9.18 Å². The fourth-order valence-corrected chi connectivity index (χ4v) is 4.67. The van der Waals surface area contributed by atoms with Gasteiger partial charge in [-0.15, -0.1) is 0 Å². The molecule has 1 amide bonds. The van der Waals surface area contributed by atoms with Gasteiger partial charge in [0.25, 0.3) is 0 Å². The molecule has 1 aromatic carbocycles. The number of hydrogen-bond donors (Lipinski definition) is 0.